The maximum absolute atomic E-state index is 12.3. The number of nitrogens with one attached hydrogen (secondary N) is 1. The van der Waals surface area contributed by atoms with Crippen LogP contribution in [0, 0.1) is 0 Å². The molecule has 0 amide bonds. The highest BCUT2D eigenvalue weighted by atomic mass is 79.9. The van der Waals surface area contributed by atoms with Crippen molar-refractivity contribution in [2.75, 3.05) is 0 Å². The Balaban J connectivity index is 2.37. The van der Waals surface area contributed by atoms with Crippen LogP contribution in [0.25, 0.3) is 11.3 Å². The van der Waals surface area contributed by atoms with Crippen LogP contribution in [-0.2, 0) is 6.18 Å². The second kappa shape index (κ2) is 3.93. The van der Waals surface area contributed by atoms with E-state index in [0.717, 1.165) is 12.1 Å². The summed E-state index contributed by atoms with van der Waals surface area (Å²) in [5.41, 5.74) is 0.651. The van der Waals surface area contributed by atoms with Crippen molar-refractivity contribution in [3.8, 4) is 11.3 Å². The van der Waals surface area contributed by atoms with Crippen molar-refractivity contribution in [3.63, 3.8) is 0 Å². The summed E-state index contributed by atoms with van der Waals surface area (Å²) in [7, 11) is 0. The van der Waals surface area contributed by atoms with E-state index in [9.17, 15) is 13.2 Å². The molecule has 16 heavy (non-hydrogen) atoms. The summed E-state index contributed by atoms with van der Waals surface area (Å²) in [6, 6.07) is 4.90. The molecule has 0 aliphatic rings. The summed E-state index contributed by atoms with van der Waals surface area (Å²) in [6.45, 7) is 0. The molecule has 0 aliphatic carbocycles. The SMILES string of the molecule is FC(F)(F)c1ccc(-c2[nH]ncc2Br)cc1. The number of nitrogens with zero attached hydrogens (tertiary/aromatic N) is 1. The molecule has 0 atom stereocenters. The first kappa shape index (κ1) is 11.2. The second-order valence-electron chi connectivity index (χ2n) is 3.17. The van der Waals surface area contributed by atoms with Crippen molar-refractivity contribution in [1.82, 2.24) is 10.2 Å². The molecule has 1 heterocycles. The number of rotatable bonds is 1. The molecular weight excluding hydrogens is 285 g/mol. The van der Waals surface area contributed by atoms with Crippen molar-refractivity contribution in [2.45, 2.75) is 6.18 Å². The average molecular weight is 291 g/mol. The van der Waals surface area contributed by atoms with Gasteiger partial charge in [0.1, 0.15) is 0 Å². The van der Waals surface area contributed by atoms with Gasteiger partial charge in [0.05, 0.1) is 21.9 Å². The van der Waals surface area contributed by atoms with Gasteiger partial charge in [0.15, 0.2) is 0 Å². The molecular formula is C10H6BrF3N2. The van der Waals surface area contributed by atoms with Gasteiger partial charge in [-0.3, -0.25) is 5.10 Å². The molecule has 1 aromatic heterocycles. The number of halogens is 4. The van der Waals surface area contributed by atoms with E-state index < -0.39 is 11.7 Å². The summed E-state index contributed by atoms with van der Waals surface area (Å²) in [4.78, 5) is 0. The Labute approximate surface area is 97.6 Å². The van der Waals surface area contributed by atoms with Gasteiger partial charge in [-0.05, 0) is 28.1 Å². The van der Waals surface area contributed by atoms with Gasteiger partial charge in [0, 0.05) is 5.56 Å². The Morgan fingerprint density at radius 1 is 1.12 bits per heavy atom. The molecule has 1 N–H and O–H groups in total. The number of hydrogen-bond acceptors (Lipinski definition) is 1. The van der Waals surface area contributed by atoms with Crippen molar-refractivity contribution < 1.29 is 13.2 Å². The fourth-order valence-corrected chi connectivity index (χ4v) is 1.72. The molecule has 2 rings (SSSR count). The molecule has 6 heteroatoms. The molecule has 0 fully saturated rings. The highest BCUT2D eigenvalue weighted by molar-refractivity contribution is 9.10. The maximum Gasteiger partial charge on any atom is 0.416 e. The Kier molecular flexibility index (Phi) is 2.75. The maximum atomic E-state index is 12.3. The number of H-pyrrole nitrogens is 1. The van der Waals surface area contributed by atoms with Crippen LogP contribution in [0.2, 0.25) is 0 Å². The summed E-state index contributed by atoms with van der Waals surface area (Å²) < 4.78 is 37.7. The minimum Gasteiger partial charge on any atom is -0.277 e. The van der Waals surface area contributed by atoms with Crippen LogP contribution in [0.3, 0.4) is 0 Å². The molecule has 0 saturated carbocycles. The van der Waals surface area contributed by atoms with Gasteiger partial charge < -0.3 is 0 Å². The molecule has 2 aromatic rings. The number of alkyl halides is 3. The van der Waals surface area contributed by atoms with Gasteiger partial charge in [-0.15, -0.1) is 0 Å². The van der Waals surface area contributed by atoms with Crippen molar-refractivity contribution in [2.24, 2.45) is 0 Å². The van der Waals surface area contributed by atoms with E-state index in [4.69, 9.17) is 0 Å². The molecule has 84 valence electrons. The third-order valence-electron chi connectivity index (χ3n) is 2.09. The highest BCUT2D eigenvalue weighted by Gasteiger charge is 2.30. The summed E-state index contributed by atoms with van der Waals surface area (Å²) in [6.07, 6.45) is -2.75. The number of hydrogen-bond donors (Lipinski definition) is 1. The van der Waals surface area contributed by atoms with E-state index in [1.807, 2.05) is 0 Å². The summed E-state index contributed by atoms with van der Waals surface area (Å²) in [5, 5.41) is 6.48. The molecule has 0 unspecified atom stereocenters. The lowest BCUT2D eigenvalue weighted by atomic mass is 10.1. The zero-order valence-corrected chi connectivity index (χ0v) is 9.43. The summed E-state index contributed by atoms with van der Waals surface area (Å²) >= 11 is 3.25. The zero-order chi connectivity index (χ0) is 11.8. The van der Waals surface area contributed by atoms with Crippen LogP contribution in [0.15, 0.2) is 34.9 Å². The van der Waals surface area contributed by atoms with Crippen molar-refractivity contribution in [3.05, 3.63) is 40.5 Å². The molecule has 0 bridgehead atoms. The van der Waals surface area contributed by atoms with Crippen LogP contribution >= 0.6 is 15.9 Å². The average Bonchev–Trinajstić information content (AvgIpc) is 2.63. The molecule has 0 saturated heterocycles. The van der Waals surface area contributed by atoms with Gasteiger partial charge in [-0.2, -0.15) is 18.3 Å². The van der Waals surface area contributed by atoms with E-state index >= 15 is 0 Å². The third kappa shape index (κ3) is 2.11. The number of aromatic amines is 1. The van der Waals surface area contributed by atoms with Crippen LogP contribution in [0.5, 0.6) is 0 Å². The Bertz CT molecular complexity index is 488. The van der Waals surface area contributed by atoms with E-state index in [2.05, 4.69) is 26.1 Å². The Morgan fingerprint density at radius 2 is 1.75 bits per heavy atom. The van der Waals surface area contributed by atoms with Gasteiger partial charge in [0.25, 0.3) is 0 Å². The summed E-state index contributed by atoms with van der Waals surface area (Å²) in [5.74, 6) is 0. The first-order chi connectivity index (χ1) is 7.48. The van der Waals surface area contributed by atoms with Gasteiger partial charge >= 0.3 is 6.18 Å². The minimum atomic E-state index is -4.30. The highest BCUT2D eigenvalue weighted by Crippen LogP contribution is 2.32. The quantitative estimate of drug-likeness (QED) is 0.849. The molecule has 2 nitrogen and oxygen atoms in total. The molecule has 0 aliphatic heterocycles. The van der Waals surface area contributed by atoms with E-state index in [-0.39, 0.29) is 0 Å². The Morgan fingerprint density at radius 3 is 2.19 bits per heavy atom. The number of benzene rings is 1. The molecule has 1 aromatic carbocycles. The van der Waals surface area contributed by atoms with Crippen LogP contribution in [-0.4, -0.2) is 10.2 Å². The van der Waals surface area contributed by atoms with Crippen molar-refractivity contribution >= 4 is 15.9 Å². The van der Waals surface area contributed by atoms with Crippen LogP contribution < -0.4 is 0 Å². The lowest BCUT2D eigenvalue weighted by Gasteiger charge is -2.06. The first-order valence-corrected chi connectivity index (χ1v) is 5.14. The first-order valence-electron chi connectivity index (χ1n) is 4.35. The normalized spacial score (nSPS) is 11.8. The fraction of sp³-hybridized carbons (Fsp3) is 0.100. The standard InChI is InChI=1S/C10H6BrF3N2/c11-8-5-15-16-9(8)6-1-3-7(4-2-6)10(12,13)14/h1-5H,(H,15,16). The monoisotopic (exact) mass is 290 g/mol. The number of aromatic nitrogens is 2. The third-order valence-corrected chi connectivity index (χ3v) is 2.70. The van der Waals surface area contributed by atoms with Gasteiger partial charge in [-0.25, -0.2) is 0 Å². The lowest BCUT2D eigenvalue weighted by molar-refractivity contribution is -0.137. The molecule has 0 spiro atoms. The van der Waals surface area contributed by atoms with Gasteiger partial charge in [-0.1, -0.05) is 12.1 Å². The van der Waals surface area contributed by atoms with E-state index in [1.54, 1.807) is 6.20 Å². The van der Waals surface area contributed by atoms with E-state index in [0.29, 0.717) is 15.7 Å². The van der Waals surface area contributed by atoms with Crippen LogP contribution in [0.4, 0.5) is 13.2 Å². The fourth-order valence-electron chi connectivity index (χ4n) is 1.30. The topological polar surface area (TPSA) is 28.7 Å². The lowest BCUT2D eigenvalue weighted by Crippen LogP contribution is -2.04. The predicted octanol–water partition coefficient (Wildman–Crippen LogP) is 3.86. The van der Waals surface area contributed by atoms with Crippen molar-refractivity contribution in [1.29, 1.82) is 0 Å². The van der Waals surface area contributed by atoms with E-state index in [1.165, 1.54) is 12.1 Å². The Hall–Kier alpha value is -1.30. The predicted molar refractivity (Wildman–Crippen MR) is 56.7 cm³/mol. The largest absolute Gasteiger partial charge is 0.416 e. The minimum absolute atomic E-state index is 0.650. The van der Waals surface area contributed by atoms with Crippen LogP contribution in [0.1, 0.15) is 5.56 Å². The zero-order valence-electron chi connectivity index (χ0n) is 7.85. The van der Waals surface area contributed by atoms with Gasteiger partial charge in [0.2, 0.25) is 0 Å². The smallest absolute Gasteiger partial charge is 0.277 e. The molecule has 0 radical (unpaired) electrons. The second-order valence-corrected chi connectivity index (χ2v) is 4.02.